The molecule has 2 N–H and O–H groups in total. The Morgan fingerprint density at radius 1 is 1.05 bits per heavy atom. The molecule has 0 aliphatic carbocycles. The van der Waals surface area contributed by atoms with Gasteiger partial charge in [-0.15, -0.1) is 0 Å². The number of sulfonamides is 1. The number of hydrogen-bond donors (Lipinski definition) is 2. The number of nitrogens with one attached hydrogen (secondary N) is 2. The maximum atomic E-state index is 12.3. The summed E-state index contributed by atoms with van der Waals surface area (Å²) >= 11 is 0. The standard InChI is InChI=1S/C12H14N4O2S/c1-9-3-5-14-7-11(9)16-19(17,18)12-8-15-6-4-10(12)13-2/h3-8,16H,1-2H3,(H,13,15). The Labute approximate surface area is 112 Å². The Morgan fingerprint density at radius 3 is 2.42 bits per heavy atom. The number of aromatic nitrogens is 2. The molecule has 6 nitrogen and oxygen atoms in total. The van der Waals surface area contributed by atoms with E-state index in [9.17, 15) is 8.42 Å². The molecule has 19 heavy (non-hydrogen) atoms. The number of aryl methyl sites for hydroxylation is 1. The third-order valence-corrected chi connectivity index (χ3v) is 4.02. The third-order valence-electron chi connectivity index (χ3n) is 2.63. The molecule has 0 aliphatic rings. The molecule has 0 saturated heterocycles. The molecule has 2 aromatic heterocycles. The number of pyridine rings is 2. The summed E-state index contributed by atoms with van der Waals surface area (Å²) in [5.41, 5.74) is 1.74. The van der Waals surface area contributed by atoms with Crippen LogP contribution in [0.25, 0.3) is 0 Å². The Bertz CT molecular complexity index is 686. The molecule has 0 radical (unpaired) electrons. The van der Waals surface area contributed by atoms with Gasteiger partial charge in [-0.25, -0.2) is 8.42 Å². The van der Waals surface area contributed by atoms with E-state index in [1.54, 1.807) is 25.4 Å². The molecule has 0 aromatic carbocycles. The summed E-state index contributed by atoms with van der Waals surface area (Å²) in [6.07, 6.45) is 5.92. The summed E-state index contributed by atoms with van der Waals surface area (Å²) < 4.78 is 27.1. The first-order valence-electron chi connectivity index (χ1n) is 5.60. The lowest BCUT2D eigenvalue weighted by molar-refractivity contribution is 0.601. The summed E-state index contributed by atoms with van der Waals surface area (Å²) in [4.78, 5) is 7.85. The molecule has 0 spiro atoms. The summed E-state index contributed by atoms with van der Waals surface area (Å²) in [5, 5.41) is 2.83. The van der Waals surface area contributed by atoms with Gasteiger partial charge in [-0.2, -0.15) is 0 Å². The van der Waals surface area contributed by atoms with Crippen molar-refractivity contribution >= 4 is 21.4 Å². The van der Waals surface area contributed by atoms with E-state index in [1.165, 1.54) is 18.6 Å². The van der Waals surface area contributed by atoms with Gasteiger partial charge in [-0.1, -0.05) is 0 Å². The first-order valence-corrected chi connectivity index (χ1v) is 7.08. The molecule has 100 valence electrons. The molecule has 0 amide bonds. The molecule has 0 bridgehead atoms. The van der Waals surface area contributed by atoms with E-state index in [1.807, 2.05) is 6.92 Å². The topological polar surface area (TPSA) is 84.0 Å². The molecule has 2 rings (SSSR count). The monoisotopic (exact) mass is 278 g/mol. The largest absolute Gasteiger partial charge is 0.387 e. The molecule has 2 heterocycles. The van der Waals surface area contributed by atoms with Crippen LogP contribution in [0.15, 0.2) is 41.8 Å². The van der Waals surface area contributed by atoms with Crippen LogP contribution in [-0.2, 0) is 10.0 Å². The van der Waals surface area contributed by atoms with Crippen molar-refractivity contribution in [3.05, 3.63) is 42.5 Å². The maximum Gasteiger partial charge on any atom is 0.265 e. The van der Waals surface area contributed by atoms with Crippen molar-refractivity contribution in [2.24, 2.45) is 0 Å². The van der Waals surface area contributed by atoms with Gasteiger partial charge in [0.25, 0.3) is 10.0 Å². The van der Waals surface area contributed by atoms with Crippen molar-refractivity contribution in [1.29, 1.82) is 0 Å². The van der Waals surface area contributed by atoms with E-state index < -0.39 is 10.0 Å². The zero-order valence-electron chi connectivity index (χ0n) is 10.6. The molecule has 0 aliphatic heterocycles. The zero-order valence-corrected chi connectivity index (χ0v) is 11.4. The van der Waals surface area contributed by atoms with Crippen LogP contribution in [0.1, 0.15) is 5.56 Å². The molecule has 0 saturated carbocycles. The molecular weight excluding hydrogens is 264 g/mol. The lowest BCUT2D eigenvalue weighted by atomic mass is 10.3. The van der Waals surface area contributed by atoms with E-state index in [0.717, 1.165) is 5.56 Å². The van der Waals surface area contributed by atoms with Gasteiger partial charge in [0.1, 0.15) is 4.90 Å². The Hall–Kier alpha value is -2.15. The minimum absolute atomic E-state index is 0.0979. The van der Waals surface area contributed by atoms with Crippen LogP contribution in [0.3, 0.4) is 0 Å². The Balaban J connectivity index is 2.41. The molecule has 2 aromatic rings. The van der Waals surface area contributed by atoms with Crippen LogP contribution in [-0.4, -0.2) is 25.4 Å². The van der Waals surface area contributed by atoms with Gasteiger partial charge in [0.05, 0.1) is 17.6 Å². The minimum Gasteiger partial charge on any atom is -0.387 e. The van der Waals surface area contributed by atoms with E-state index in [-0.39, 0.29) is 4.90 Å². The smallest absolute Gasteiger partial charge is 0.265 e. The fourth-order valence-corrected chi connectivity index (χ4v) is 2.84. The normalized spacial score (nSPS) is 11.1. The van der Waals surface area contributed by atoms with Crippen molar-refractivity contribution in [2.75, 3.05) is 17.1 Å². The Morgan fingerprint density at radius 2 is 1.74 bits per heavy atom. The molecular formula is C12H14N4O2S. The van der Waals surface area contributed by atoms with Crippen molar-refractivity contribution < 1.29 is 8.42 Å². The highest BCUT2D eigenvalue weighted by Crippen LogP contribution is 2.23. The minimum atomic E-state index is -3.69. The van der Waals surface area contributed by atoms with Crippen molar-refractivity contribution in [3.8, 4) is 0 Å². The van der Waals surface area contributed by atoms with Crippen LogP contribution in [0, 0.1) is 6.92 Å². The molecule has 7 heteroatoms. The average Bonchev–Trinajstić information content (AvgIpc) is 2.41. The predicted octanol–water partition coefficient (Wildman–Crippen LogP) is 1.63. The highest BCUT2D eigenvalue weighted by atomic mass is 32.2. The number of nitrogens with zero attached hydrogens (tertiary/aromatic N) is 2. The van der Waals surface area contributed by atoms with E-state index in [2.05, 4.69) is 20.0 Å². The average molecular weight is 278 g/mol. The van der Waals surface area contributed by atoms with Gasteiger partial charge in [0.15, 0.2) is 0 Å². The van der Waals surface area contributed by atoms with E-state index >= 15 is 0 Å². The first kappa shape index (κ1) is 13.3. The van der Waals surface area contributed by atoms with Crippen LogP contribution in [0.4, 0.5) is 11.4 Å². The number of anilines is 2. The molecule has 0 fully saturated rings. The van der Waals surface area contributed by atoms with Gasteiger partial charge in [0.2, 0.25) is 0 Å². The SMILES string of the molecule is CNc1ccncc1S(=O)(=O)Nc1cnccc1C. The lowest BCUT2D eigenvalue weighted by Crippen LogP contribution is -2.15. The van der Waals surface area contributed by atoms with Crippen LogP contribution < -0.4 is 10.0 Å². The highest BCUT2D eigenvalue weighted by molar-refractivity contribution is 7.92. The van der Waals surface area contributed by atoms with Gasteiger partial charge < -0.3 is 5.32 Å². The van der Waals surface area contributed by atoms with Gasteiger partial charge in [-0.3, -0.25) is 14.7 Å². The fraction of sp³-hybridized carbons (Fsp3) is 0.167. The summed E-state index contributed by atoms with van der Waals surface area (Å²) in [6, 6.07) is 3.34. The second-order valence-electron chi connectivity index (χ2n) is 3.92. The second-order valence-corrected chi connectivity index (χ2v) is 5.57. The van der Waals surface area contributed by atoms with E-state index in [4.69, 9.17) is 0 Å². The van der Waals surface area contributed by atoms with Crippen LogP contribution in [0.2, 0.25) is 0 Å². The number of hydrogen-bond acceptors (Lipinski definition) is 5. The van der Waals surface area contributed by atoms with Crippen molar-refractivity contribution in [2.45, 2.75) is 11.8 Å². The van der Waals surface area contributed by atoms with Crippen molar-refractivity contribution in [3.63, 3.8) is 0 Å². The third kappa shape index (κ3) is 2.82. The quantitative estimate of drug-likeness (QED) is 0.888. The van der Waals surface area contributed by atoms with Crippen LogP contribution >= 0.6 is 0 Å². The summed E-state index contributed by atoms with van der Waals surface area (Å²) in [7, 11) is -2.04. The first-order chi connectivity index (χ1) is 9.04. The zero-order chi connectivity index (χ0) is 13.9. The molecule has 0 unspecified atom stereocenters. The van der Waals surface area contributed by atoms with Crippen LogP contribution in [0.5, 0.6) is 0 Å². The van der Waals surface area contributed by atoms with E-state index in [0.29, 0.717) is 11.4 Å². The maximum absolute atomic E-state index is 12.3. The fourth-order valence-electron chi connectivity index (χ4n) is 1.57. The van der Waals surface area contributed by atoms with Gasteiger partial charge in [0, 0.05) is 25.6 Å². The lowest BCUT2D eigenvalue weighted by Gasteiger charge is -2.12. The summed E-state index contributed by atoms with van der Waals surface area (Å²) in [5.74, 6) is 0. The van der Waals surface area contributed by atoms with Crippen molar-refractivity contribution in [1.82, 2.24) is 9.97 Å². The van der Waals surface area contributed by atoms with Gasteiger partial charge in [-0.05, 0) is 24.6 Å². The summed E-state index contributed by atoms with van der Waals surface area (Å²) in [6.45, 7) is 1.81. The number of rotatable bonds is 4. The Kier molecular flexibility index (Phi) is 3.66. The molecule has 0 atom stereocenters. The highest BCUT2D eigenvalue weighted by Gasteiger charge is 2.19. The predicted molar refractivity (Wildman–Crippen MR) is 73.6 cm³/mol. The second kappa shape index (κ2) is 5.23. The van der Waals surface area contributed by atoms with Gasteiger partial charge >= 0.3 is 0 Å².